The molecule has 25 heavy (non-hydrogen) atoms. The Bertz CT molecular complexity index is 697. The van der Waals surface area contributed by atoms with Gasteiger partial charge in [0.25, 0.3) is 5.91 Å². The van der Waals surface area contributed by atoms with Gasteiger partial charge in [0.15, 0.2) is 5.82 Å². The van der Waals surface area contributed by atoms with Crippen LogP contribution in [0.4, 0.5) is 0 Å². The van der Waals surface area contributed by atoms with Crippen molar-refractivity contribution in [3.8, 4) is 0 Å². The molecule has 0 radical (unpaired) electrons. The van der Waals surface area contributed by atoms with E-state index < -0.39 is 0 Å². The van der Waals surface area contributed by atoms with E-state index in [4.69, 9.17) is 0 Å². The molecule has 1 amide bonds. The number of nitrogens with zero attached hydrogens (tertiary/aromatic N) is 3. The van der Waals surface area contributed by atoms with Gasteiger partial charge in [-0.25, -0.2) is 4.98 Å². The Balaban J connectivity index is 1.68. The van der Waals surface area contributed by atoms with Crippen molar-refractivity contribution in [3.05, 3.63) is 47.5 Å². The molecule has 6 heteroatoms. The van der Waals surface area contributed by atoms with E-state index in [-0.39, 0.29) is 18.0 Å². The fourth-order valence-corrected chi connectivity index (χ4v) is 3.32. The molecule has 0 spiro atoms. The Kier molecular flexibility index (Phi) is 5.48. The number of carbonyl (C=O) groups is 1. The number of hydrogen-bond acceptors (Lipinski definition) is 4. The lowest BCUT2D eigenvalue weighted by Crippen LogP contribution is -2.37. The van der Waals surface area contributed by atoms with Crippen LogP contribution in [-0.2, 0) is 0 Å². The molecular formula is C19H27N5O. The van der Waals surface area contributed by atoms with Gasteiger partial charge in [-0.3, -0.25) is 14.8 Å². The minimum absolute atomic E-state index is 0.0128. The van der Waals surface area contributed by atoms with E-state index in [9.17, 15) is 4.79 Å². The number of hydrogen-bond donors (Lipinski definition) is 2. The smallest absolute Gasteiger partial charge is 0.251 e. The van der Waals surface area contributed by atoms with Gasteiger partial charge in [0, 0.05) is 18.2 Å². The van der Waals surface area contributed by atoms with Crippen LogP contribution in [0.15, 0.2) is 30.3 Å². The molecule has 1 fully saturated rings. The van der Waals surface area contributed by atoms with Gasteiger partial charge in [0.2, 0.25) is 0 Å². The van der Waals surface area contributed by atoms with Crippen LogP contribution in [0.25, 0.3) is 0 Å². The number of likely N-dealkylation sites (tertiary alicyclic amines) is 1. The lowest BCUT2D eigenvalue weighted by Gasteiger charge is -2.22. The van der Waals surface area contributed by atoms with Crippen LogP contribution in [0, 0.1) is 12.8 Å². The minimum Gasteiger partial charge on any atom is -0.348 e. The van der Waals surface area contributed by atoms with E-state index in [0.717, 1.165) is 37.6 Å². The van der Waals surface area contributed by atoms with E-state index in [1.807, 2.05) is 37.3 Å². The number of carbonyl (C=O) groups excluding carboxylic acids is 1. The summed E-state index contributed by atoms with van der Waals surface area (Å²) < 4.78 is 0. The van der Waals surface area contributed by atoms with Crippen molar-refractivity contribution in [3.63, 3.8) is 0 Å². The number of aryl methyl sites for hydroxylation is 1. The van der Waals surface area contributed by atoms with Crippen molar-refractivity contribution in [2.45, 2.75) is 45.7 Å². The molecular weight excluding hydrogens is 314 g/mol. The Labute approximate surface area is 149 Å². The van der Waals surface area contributed by atoms with Gasteiger partial charge in [-0.1, -0.05) is 32.0 Å². The zero-order chi connectivity index (χ0) is 17.8. The van der Waals surface area contributed by atoms with E-state index in [1.54, 1.807) is 0 Å². The number of amides is 1. The molecule has 1 saturated heterocycles. The molecule has 3 rings (SSSR count). The van der Waals surface area contributed by atoms with Crippen molar-refractivity contribution < 1.29 is 4.79 Å². The molecule has 1 aliphatic heterocycles. The predicted molar refractivity (Wildman–Crippen MR) is 97.2 cm³/mol. The maximum absolute atomic E-state index is 12.5. The molecule has 2 aromatic rings. The third-order valence-corrected chi connectivity index (χ3v) is 4.68. The second kappa shape index (κ2) is 7.78. The van der Waals surface area contributed by atoms with Gasteiger partial charge in [-0.05, 0) is 44.4 Å². The van der Waals surface area contributed by atoms with Gasteiger partial charge in [-0.15, -0.1) is 0 Å². The van der Waals surface area contributed by atoms with Crippen LogP contribution in [0.5, 0.6) is 0 Å². The number of aromatic amines is 1. The molecule has 134 valence electrons. The molecule has 2 atom stereocenters. The molecule has 0 bridgehead atoms. The molecule has 2 N–H and O–H groups in total. The maximum atomic E-state index is 12.5. The molecule has 0 saturated carbocycles. The Morgan fingerprint density at radius 1 is 1.36 bits per heavy atom. The van der Waals surface area contributed by atoms with Crippen molar-refractivity contribution in [2.75, 3.05) is 13.1 Å². The van der Waals surface area contributed by atoms with E-state index in [2.05, 4.69) is 39.2 Å². The minimum atomic E-state index is -0.0128. The molecule has 6 nitrogen and oxygen atoms in total. The van der Waals surface area contributed by atoms with Crippen LogP contribution in [0.1, 0.15) is 54.7 Å². The summed E-state index contributed by atoms with van der Waals surface area (Å²) in [4.78, 5) is 19.4. The van der Waals surface area contributed by atoms with E-state index >= 15 is 0 Å². The summed E-state index contributed by atoms with van der Waals surface area (Å²) in [5.74, 6) is 2.29. The number of benzene rings is 1. The van der Waals surface area contributed by atoms with Crippen molar-refractivity contribution in [1.82, 2.24) is 25.4 Å². The third-order valence-electron chi connectivity index (χ3n) is 4.68. The van der Waals surface area contributed by atoms with Gasteiger partial charge >= 0.3 is 0 Å². The summed E-state index contributed by atoms with van der Waals surface area (Å²) >= 11 is 0. The normalized spacial score (nSPS) is 21.0. The van der Waals surface area contributed by atoms with Crippen molar-refractivity contribution in [1.29, 1.82) is 0 Å². The highest BCUT2D eigenvalue weighted by molar-refractivity contribution is 5.94. The zero-order valence-electron chi connectivity index (χ0n) is 15.2. The molecule has 2 unspecified atom stereocenters. The third kappa shape index (κ3) is 4.45. The number of nitrogens with one attached hydrogen (secondary N) is 2. The summed E-state index contributed by atoms with van der Waals surface area (Å²) in [5.41, 5.74) is 0.702. The average molecular weight is 341 g/mol. The standard InChI is InChI=1S/C19H27N5O/c1-13(2)9-10-24-12-16(11-17(24)18-20-14(3)22-23-18)21-19(25)15-7-5-4-6-8-15/h4-8,13,16-17H,9-12H2,1-3H3,(H,21,25)(H,20,22,23). The van der Waals surface area contributed by atoms with Gasteiger partial charge in [0.1, 0.15) is 5.82 Å². The molecule has 0 aliphatic carbocycles. The highest BCUT2D eigenvalue weighted by atomic mass is 16.1. The lowest BCUT2D eigenvalue weighted by atomic mass is 10.1. The fourth-order valence-electron chi connectivity index (χ4n) is 3.32. The Morgan fingerprint density at radius 2 is 2.12 bits per heavy atom. The predicted octanol–water partition coefficient (Wildman–Crippen LogP) is 2.70. The quantitative estimate of drug-likeness (QED) is 0.847. The first-order valence-corrected chi connectivity index (χ1v) is 9.01. The van der Waals surface area contributed by atoms with Crippen molar-refractivity contribution in [2.24, 2.45) is 5.92 Å². The van der Waals surface area contributed by atoms with Gasteiger partial charge in [-0.2, -0.15) is 5.10 Å². The first-order chi connectivity index (χ1) is 12.0. The van der Waals surface area contributed by atoms with Crippen LogP contribution in [-0.4, -0.2) is 45.1 Å². The number of H-pyrrole nitrogens is 1. The summed E-state index contributed by atoms with van der Waals surface area (Å²) in [6.45, 7) is 8.21. The Hall–Kier alpha value is -2.21. The van der Waals surface area contributed by atoms with E-state index in [1.165, 1.54) is 0 Å². The summed E-state index contributed by atoms with van der Waals surface area (Å²) in [7, 11) is 0. The summed E-state index contributed by atoms with van der Waals surface area (Å²) in [5, 5.41) is 10.5. The first kappa shape index (κ1) is 17.6. The Morgan fingerprint density at radius 3 is 2.76 bits per heavy atom. The molecule has 2 heterocycles. The van der Waals surface area contributed by atoms with Crippen LogP contribution in [0.2, 0.25) is 0 Å². The average Bonchev–Trinajstić information content (AvgIpc) is 3.19. The molecule has 1 aromatic heterocycles. The maximum Gasteiger partial charge on any atom is 0.251 e. The zero-order valence-corrected chi connectivity index (χ0v) is 15.2. The molecule has 1 aliphatic rings. The summed E-state index contributed by atoms with van der Waals surface area (Å²) in [6.07, 6.45) is 1.97. The van der Waals surface area contributed by atoms with Crippen LogP contribution >= 0.6 is 0 Å². The monoisotopic (exact) mass is 341 g/mol. The van der Waals surface area contributed by atoms with Gasteiger partial charge in [0.05, 0.1) is 6.04 Å². The van der Waals surface area contributed by atoms with Crippen LogP contribution in [0.3, 0.4) is 0 Å². The fraction of sp³-hybridized carbons (Fsp3) is 0.526. The highest BCUT2D eigenvalue weighted by Crippen LogP contribution is 2.30. The SMILES string of the molecule is Cc1nc(C2CC(NC(=O)c3ccccc3)CN2CCC(C)C)n[nH]1. The topological polar surface area (TPSA) is 73.9 Å². The van der Waals surface area contributed by atoms with Crippen molar-refractivity contribution >= 4 is 5.91 Å². The largest absolute Gasteiger partial charge is 0.348 e. The van der Waals surface area contributed by atoms with Gasteiger partial charge < -0.3 is 5.32 Å². The second-order valence-corrected chi connectivity index (χ2v) is 7.24. The first-order valence-electron chi connectivity index (χ1n) is 9.01. The highest BCUT2D eigenvalue weighted by Gasteiger charge is 2.36. The van der Waals surface area contributed by atoms with Crippen LogP contribution < -0.4 is 5.32 Å². The lowest BCUT2D eigenvalue weighted by molar-refractivity contribution is 0.0937. The van der Waals surface area contributed by atoms with E-state index in [0.29, 0.717) is 11.5 Å². The summed E-state index contributed by atoms with van der Waals surface area (Å²) in [6, 6.07) is 9.65. The molecule has 1 aromatic carbocycles. The number of aromatic nitrogens is 3. The second-order valence-electron chi connectivity index (χ2n) is 7.24. The number of rotatable bonds is 6.